The van der Waals surface area contributed by atoms with Crippen LogP contribution in [0.3, 0.4) is 0 Å². The van der Waals surface area contributed by atoms with Crippen LogP contribution in [-0.2, 0) is 11.3 Å². The first-order valence-corrected chi connectivity index (χ1v) is 9.00. The fraction of sp³-hybridized carbons (Fsp3) is 0.381. The number of carbonyl (C=O) groups is 1. The number of benzene rings is 2. The van der Waals surface area contributed by atoms with Crippen LogP contribution < -0.4 is 9.64 Å². The molecule has 0 heterocycles. The summed E-state index contributed by atoms with van der Waals surface area (Å²) in [6.07, 6.45) is 3.41. The molecular formula is C21H25NO4. The zero-order valence-corrected chi connectivity index (χ0v) is 15.1. The van der Waals surface area contributed by atoms with Gasteiger partial charge in [-0.1, -0.05) is 36.8 Å². The lowest BCUT2D eigenvalue weighted by Gasteiger charge is -2.41. The zero-order valence-electron chi connectivity index (χ0n) is 15.1. The summed E-state index contributed by atoms with van der Waals surface area (Å²) in [6, 6.07) is 17.1. The van der Waals surface area contributed by atoms with Gasteiger partial charge in [0.15, 0.2) is 0 Å². The molecule has 26 heavy (non-hydrogen) atoms. The van der Waals surface area contributed by atoms with Gasteiger partial charge in [-0.3, -0.25) is 0 Å². The number of aliphatic hydroxyl groups is 1. The van der Waals surface area contributed by atoms with Crippen molar-refractivity contribution in [1.29, 1.82) is 0 Å². The van der Waals surface area contributed by atoms with Crippen molar-refractivity contribution in [3.8, 4) is 5.75 Å². The summed E-state index contributed by atoms with van der Waals surface area (Å²) in [5, 5.41) is 11.0. The summed E-state index contributed by atoms with van der Waals surface area (Å²) >= 11 is 0. The van der Waals surface area contributed by atoms with Crippen molar-refractivity contribution in [2.75, 3.05) is 12.0 Å². The lowest BCUT2D eigenvalue weighted by Crippen LogP contribution is -2.53. The molecule has 0 bridgehead atoms. The molecule has 1 saturated carbocycles. The largest absolute Gasteiger partial charge is 0.489 e. The summed E-state index contributed by atoms with van der Waals surface area (Å²) < 4.78 is 10.7. The van der Waals surface area contributed by atoms with Crippen LogP contribution in [0.4, 0.5) is 10.5 Å². The fourth-order valence-electron chi connectivity index (χ4n) is 3.38. The molecule has 0 unspecified atom stereocenters. The van der Waals surface area contributed by atoms with Crippen molar-refractivity contribution in [2.45, 2.75) is 44.4 Å². The molecule has 0 spiro atoms. The summed E-state index contributed by atoms with van der Waals surface area (Å²) in [6.45, 7) is 0.477. The second-order valence-electron chi connectivity index (χ2n) is 6.62. The number of hydrogen-bond donors (Lipinski definition) is 1. The van der Waals surface area contributed by atoms with E-state index in [4.69, 9.17) is 9.47 Å². The molecule has 138 valence electrons. The van der Waals surface area contributed by atoms with Crippen molar-refractivity contribution < 1.29 is 19.4 Å². The first-order valence-electron chi connectivity index (χ1n) is 9.00. The van der Waals surface area contributed by atoms with Gasteiger partial charge in [-0.25, -0.2) is 9.69 Å². The summed E-state index contributed by atoms with van der Waals surface area (Å²) in [5.74, 6) is 0.707. The van der Waals surface area contributed by atoms with E-state index < -0.39 is 11.8 Å². The van der Waals surface area contributed by atoms with E-state index in [2.05, 4.69) is 0 Å². The molecular weight excluding hydrogens is 330 g/mol. The quantitative estimate of drug-likeness (QED) is 0.803. The maximum Gasteiger partial charge on any atom is 0.416 e. The number of amides is 1. The molecule has 1 fully saturated rings. The maximum absolute atomic E-state index is 12.3. The molecule has 2 aromatic carbocycles. The van der Waals surface area contributed by atoms with Crippen molar-refractivity contribution in [3.63, 3.8) is 0 Å². The topological polar surface area (TPSA) is 59.0 Å². The molecule has 2 aromatic rings. The number of carbonyl (C=O) groups excluding carboxylic acids is 1. The van der Waals surface area contributed by atoms with Gasteiger partial charge in [0.25, 0.3) is 0 Å². The van der Waals surface area contributed by atoms with E-state index >= 15 is 0 Å². The van der Waals surface area contributed by atoms with Crippen molar-refractivity contribution in [3.05, 3.63) is 60.2 Å². The average molecular weight is 355 g/mol. The molecule has 3 rings (SSSR count). The third-order valence-corrected chi connectivity index (χ3v) is 4.77. The van der Waals surface area contributed by atoms with E-state index in [0.29, 0.717) is 30.9 Å². The maximum atomic E-state index is 12.3. The second-order valence-corrected chi connectivity index (χ2v) is 6.62. The highest BCUT2D eigenvalue weighted by Crippen LogP contribution is 2.36. The number of anilines is 1. The number of rotatable bonds is 5. The van der Waals surface area contributed by atoms with Crippen LogP contribution in [0.15, 0.2) is 54.6 Å². The molecule has 1 aliphatic rings. The van der Waals surface area contributed by atoms with Crippen molar-refractivity contribution in [1.82, 2.24) is 0 Å². The van der Waals surface area contributed by atoms with Crippen LogP contribution in [-0.4, -0.2) is 24.0 Å². The monoisotopic (exact) mass is 355 g/mol. The van der Waals surface area contributed by atoms with Crippen molar-refractivity contribution >= 4 is 11.8 Å². The van der Waals surface area contributed by atoms with Gasteiger partial charge < -0.3 is 14.6 Å². The van der Waals surface area contributed by atoms with Gasteiger partial charge in [0.2, 0.25) is 0 Å². The molecule has 1 aliphatic carbocycles. The highest BCUT2D eigenvalue weighted by molar-refractivity contribution is 5.89. The van der Waals surface area contributed by atoms with E-state index in [1.165, 1.54) is 12.0 Å². The summed E-state index contributed by atoms with van der Waals surface area (Å²) in [7, 11) is 1.33. The fourth-order valence-corrected chi connectivity index (χ4v) is 3.38. The Morgan fingerprint density at radius 3 is 2.31 bits per heavy atom. The molecule has 0 radical (unpaired) electrons. The van der Waals surface area contributed by atoms with Crippen LogP contribution in [0.2, 0.25) is 0 Å². The Balaban J connectivity index is 1.74. The lowest BCUT2D eigenvalue weighted by molar-refractivity contribution is 0.00177. The van der Waals surface area contributed by atoms with Gasteiger partial charge in [-0.2, -0.15) is 0 Å². The highest BCUT2D eigenvalue weighted by atomic mass is 16.5. The smallest absolute Gasteiger partial charge is 0.416 e. The Morgan fingerprint density at radius 2 is 1.69 bits per heavy atom. The Labute approximate surface area is 154 Å². The Morgan fingerprint density at radius 1 is 1.04 bits per heavy atom. The molecule has 0 saturated heterocycles. The molecule has 5 heteroatoms. The van der Waals surface area contributed by atoms with Crippen LogP contribution in [0.1, 0.15) is 37.7 Å². The average Bonchev–Trinajstić information content (AvgIpc) is 2.68. The van der Waals surface area contributed by atoms with Gasteiger partial charge in [0.05, 0.1) is 12.8 Å². The first kappa shape index (κ1) is 18.3. The standard InChI is InChI=1S/C21H25NO4/c1-25-20(23)22(21(24)14-6-3-7-15-21)18-10-12-19(13-11-18)26-16-17-8-4-2-5-9-17/h2,4-5,8-13,24H,3,6-7,14-16H2,1H3. The molecule has 0 aliphatic heterocycles. The minimum absolute atomic E-state index is 0.477. The van der Waals surface area contributed by atoms with Gasteiger partial charge in [-0.05, 0) is 55.5 Å². The van der Waals surface area contributed by atoms with Crippen LogP contribution in [0, 0.1) is 0 Å². The summed E-state index contributed by atoms with van der Waals surface area (Å²) in [5.41, 5.74) is 0.496. The lowest BCUT2D eigenvalue weighted by atomic mass is 9.90. The van der Waals surface area contributed by atoms with Crippen LogP contribution in [0.25, 0.3) is 0 Å². The van der Waals surface area contributed by atoms with Crippen LogP contribution >= 0.6 is 0 Å². The Kier molecular flexibility index (Phi) is 5.78. The number of hydrogen-bond acceptors (Lipinski definition) is 4. The molecule has 5 nitrogen and oxygen atoms in total. The predicted molar refractivity (Wildman–Crippen MR) is 100 cm³/mol. The normalized spacial score (nSPS) is 15.9. The van der Waals surface area contributed by atoms with E-state index in [9.17, 15) is 9.90 Å². The second kappa shape index (κ2) is 8.23. The van der Waals surface area contributed by atoms with Gasteiger partial charge in [-0.15, -0.1) is 0 Å². The van der Waals surface area contributed by atoms with E-state index in [-0.39, 0.29) is 0 Å². The van der Waals surface area contributed by atoms with Gasteiger partial charge in [0.1, 0.15) is 18.1 Å². The third kappa shape index (κ3) is 4.17. The molecule has 1 N–H and O–H groups in total. The van der Waals surface area contributed by atoms with E-state index in [1.807, 2.05) is 30.3 Å². The van der Waals surface area contributed by atoms with Crippen molar-refractivity contribution in [2.24, 2.45) is 0 Å². The molecule has 0 aromatic heterocycles. The molecule has 0 atom stereocenters. The predicted octanol–water partition coefficient (Wildman–Crippen LogP) is 4.49. The first-order chi connectivity index (χ1) is 12.6. The SMILES string of the molecule is COC(=O)N(c1ccc(OCc2ccccc2)cc1)C1(O)CCCCC1. The zero-order chi connectivity index (χ0) is 18.4. The minimum atomic E-state index is -1.20. The van der Waals surface area contributed by atoms with Gasteiger partial charge >= 0.3 is 6.09 Å². The van der Waals surface area contributed by atoms with Gasteiger partial charge in [0, 0.05) is 0 Å². The minimum Gasteiger partial charge on any atom is -0.489 e. The third-order valence-electron chi connectivity index (χ3n) is 4.77. The highest BCUT2D eigenvalue weighted by Gasteiger charge is 2.40. The molecule has 1 amide bonds. The van der Waals surface area contributed by atoms with E-state index in [0.717, 1.165) is 24.8 Å². The Hall–Kier alpha value is -2.53. The summed E-state index contributed by atoms with van der Waals surface area (Å²) in [4.78, 5) is 13.7. The number of methoxy groups -OCH3 is 1. The van der Waals surface area contributed by atoms with Crippen LogP contribution in [0.5, 0.6) is 5.75 Å². The van der Waals surface area contributed by atoms with E-state index in [1.54, 1.807) is 24.3 Å². The number of ether oxygens (including phenoxy) is 2. The number of nitrogens with zero attached hydrogens (tertiary/aromatic N) is 1. The Bertz CT molecular complexity index is 709.